The highest BCUT2D eigenvalue weighted by molar-refractivity contribution is 6.30. The zero-order chi connectivity index (χ0) is 16.2. The fourth-order valence-electron chi connectivity index (χ4n) is 1.96. The van der Waals surface area contributed by atoms with E-state index in [-0.39, 0.29) is 17.4 Å². The maximum atomic E-state index is 12.9. The van der Waals surface area contributed by atoms with Crippen LogP contribution in [-0.4, -0.2) is 11.9 Å². The predicted octanol–water partition coefficient (Wildman–Crippen LogP) is 4.49. The Hall–Kier alpha value is -2.72. The summed E-state index contributed by atoms with van der Waals surface area (Å²) in [4.78, 5) is 15.9. The van der Waals surface area contributed by atoms with E-state index in [1.807, 2.05) is 12.1 Å². The van der Waals surface area contributed by atoms with Crippen molar-refractivity contribution in [2.24, 2.45) is 4.99 Å². The molecule has 5 heteroatoms. The molecule has 0 atom stereocenters. The number of carbonyl (C=O) groups is 1. The largest absolute Gasteiger partial charge is 0.403 e. The normalized spacial score (nSPS) is 16.0. The molecule has 3 nitrogen and oxygen atoms in total. The Kier molecular flexibility index (Phi) is 4.35. The number of hydrogen-bond acceptors (Lipinski definition) is 3. The van der Waals surface area contributed by atoms with Crippen LogP contribution in [0.5, 0.6) is 0 Å². The molecule has 0 saturated carbocycles. The van der Waals surface area contributed by atoms with Gasteiger partial charge in [-0.15, -0.1) is 0 Å². The average Bonchev–Trinajstić information content (AvgIpc) is 2.89. The molecule has 2 aromatic rings. The van der Waals surface area contributed by atoms with E-state index in [1.54, 1.807) is 42.5 Å². The van der Waals surface area contributed by atoms with Gasteiger partial charge >= 0.3 is 5.97 Å². The fourth-order valence-corrected chi connectivity index (χ4v) is 2.08. The minimum Gasteiger partial charge on any atom is -0.403 e. The van der Waals surface area contributed by atoms with Crippen LogP contribution in [0.4, 0.5) is 4.39 Å². The number of carbonyl (C=O) groups excluding carboxylic acids is 1. The number of cyclic esters (lactones) is 1. The van der Waals surface area contributed by atoms with Crippen molar-refractivity contribution in [2.45, 2.75) is 0 Å². The summed E-state index contributed by atoms with van der Waals surface area (Å²) in [6, 6.07) is 13.0. The van der Waals surface area contributed by atoms with Crippen molar-refractivity contribution in [1.82, 2.24) is 0 Å². The van der Waals surface area contributed by atoms with E-state index in [4.69, 9.17) is 16.3 Å². The van der Waals surface area contributed by atoms with E-state index in [0.717, 1.165) is 5.56 Å². The molecule has 1 aliphatic rings. The van der Waals surface area contributed by atoms with Gasteiger partial charge in [0.05, 0.1) is 0 Å². The zero-order valence-electron chi connectivity index (χ0n) is 11.9. The lowest BCUT2D eigenvalue weighted by molar-refractivity contribution is -0.129. The zero-order valence-corrected chi connectivity index (χ0v) is 12.6. The van der Waals surface area contributed by atoms with Crippen molar-refractivity contribution in [3.63, 3.8) is 0 Å². The Morgan fingerprint density at radius 1 is 0.957 bits per heavy atom. The van der Waals surface area contributed by atoms with Gasteiger partial charge in [-0.3, -0.25) is 0 Å². The Bertz CT molecular complexity index is 821. The summed E-state index contributed by atoms with van der Waals surface area (Å²) in [6.07, 6.45) is 4.92. The molecule has 0 N–H and O–H groups in total. The van der Waals surface area contributed by atoms with Crippen LogP contribution in [0.15, 0.2) is 65.3 Å². The Morgan fingerprint density at radius 2 is 1.61 bits per heavy atom. The van der Waals surface area contributed by atoms with Crippen molar-refractivity contribution in [1.29, 1.82) is 0 Å². The molecule has 0 aliphatic carbocycles. The number of halogens is 2. The number of esters is 1. The number of hydrogen-bond donors (Lipinski definition) is 0. The van der Waals surface area contributed by atoms with Crippen molar-refractivity contribution < 1.29 is 13.9 Å². The van der Waals surface area contributed by atoms with Gasteiger partial charge in [-0.1, -0.05) is 35.9 Å². The number of aliphatic imine (C=N–C) groups is 1. The number of rotatable bonds is 3. The fraction of sp³-hybridized carbons (Fsp3) is 0. The van der Waals surface area contributed by atoms with Gasteiger partial charge in [-0.25, -0.2) is 14.2 Å². The second-order valence-corrected chi connectivity index (χ2v) is 5.24. The quantitative estimate of drug-likeness (QED) is 0.615. The first kappa shape index (κ1) is 15.2. The first-order valence-electron chi connectivity index (χ1n) is 6.82. The molecule has 3 rings (SSSR count). The van der Waals surface area contributed by atoms with Crippen LogP contribution >= 0.6 is 11.6 Å². The maximum Gasteiger partial charge on any atom is 0.363 e. The predicted molar refractivity (Wildman–Crippen MR) is 88.4 cm³/mol. The van der Waals surface area contributed by atoms with Crippen molar-refractivity contribution in [3.05, 3.63) is 82.3 Å². The third-order valence-corrected chi connectivity index (χ3v) is 3.35. The third-order valence-electron chi connectivity index (χ3n) is 3.10. The SMILES string of the molecule is O=C1OC(C=Cc2ccc(Cl)cc2)=NC1=Cc1ccc(F)cc1. The lowest BCUT2D eigenvalue weighted by Crippen LogP contribution is -2.01. The van der Waals surface area contributed by atoms with Gasteiger partial charge in [0.15, 0.2) is 5.70 Å². The molecule has 2 aromatic carbocycles. The molecular formula is C18H11ClFNO2. The van der Waals surface area contributed by atoms with Crippen LogP contribution in [-0.2, 0) is 9.53 Å². The molecule has 0 spiro atoms. The highest BCUT2D eigenvalue weighted by atomic mass is 35.5. The van der Waals surface area contributed by atoms with Gasteiger partial charge in [-0.2, -0.15) is 0 Å². The molecule has 0 fully saturated rings. The van der Waals surface area contributed by atoms with Gasteiger partial charge < -0.3 is 4.74 Å². The summed E-state index contributed by atoms with van der Waals surface area (Å²) in [6.45, 7) is 0. The second-order valence-electron chi connectivity index (χ2n) is 4.81. The van der Waals surface area contributed by atoms with Gasteiger partial charge in [0.2, 0.25) is 5.90 Å². The molecule has 0 radical (unpaired) electrons. The highest BCUT2D eigenvalue weighted by Gasteiger charge is 2.20. The maximum absolute atomic E-state index is 12.9. The van der Waals surface area contributed by atoms with E-state index < -0.39 is 5.97 Å². The summed E-state index contributed by atoms with van der Waals surface area (Å²) in [5.74, 6) is -0.667. The summed E-state index contributed by atoms with van der Waals surface area (Å²) >= 11 is 5.82. The molecule has 23 heavy (non-hydrogen) atoms. The Balaban J connectivity index is 1.78. The van der Waals surface area contributed by atoms with Crippen LogP contribution < -0.4 is 0 Å². The van der Waals surface area contributed by atoms with Crippen molar-refractivity contribution in [3.8, 4) is 0 Å². The molecule has 0 unspecified atom stereocenters. The Labute approximate surface area is 137 Å². The molecule has 114 valence electrons. The topological polar surface area (TPSA) is 38.7 Å². The minimum atomic E-state index is -0.537. The van der Waals surface area contributed by atoms with E-state index in [9.17, 15) is 9.18 Å². The van der Waals surface area contributed by atoms with Crippen LogP contribution in [0, 0.1) is 5.82 Å². The van der Waals surface area contributed by atoms with E-state index in [0.29, 0.717) is 10.6 Å². The van der Waals surface area contributed by atoms with Crippen molar-refractivity contribution in [2.75, 3.05) is 0 Å². The van der Waals surface area contributed by atoms with Gasteiger partial charge in [0.25, 0.3) is 0 Å². The van der Waals surface area contributed by atoms with Gasteiger partial charge in [-0.05, 0) is 47.5 Å². The number of nitrogens with zero attached hydrogens (tertiary/aromatic N) is 1. The summed E-state index contributed by atoms with van der Waals surface area (Å²) in [5, 5.41) is 0.649. The molecule has 1 aliphatic heterocycles. The monoisotopic (exact) mass is 327 g/mol. The van der Waals surface area contributed by atoms with Crippen LogP contribution in [0.3, 0.4) is 0 Å². The molecule has 0 saturated heterocycles. The summed E-state index contributed by atoms with van der Waals surface area (Å²) < 4.78 is 17.9. The van der Waals surface area contributed by atoms with Gasteiger partial charge in [0, 0.05) is 11.1 Å². The van der Waals surface area contributed by atoms with Crippen molar-refractivity contribution >= 4 is 35.6 Å². The lowest BCUT2D eigenvalue weighted by atomic mass is 10.2. The summed E-state index contributed by atoms with van der Waals surface area (Å²) in [7, 11) is 0. The number of benzene rings is 2. The van der Waals surface area contributed by atoms with Crippen LogP contribution in [0.1, 0.15) is 11.1 Å². The van der Waals surface area contributed by atoms with Crippen LogP contribution in [0.2, 0.25) is 5.02 Å². The van der Waals surface area contributed by atoms with Crippen LogP contribution in [0.25, 0.3) is 12.2 Å². The van der Waals surface area contributed by atoms with E-state index in [1.165, 1.54) is 12.1 Å². The molecule has 0 amide bonds. The minimum absolute atomic E-state index is 0.173. The second kappa shape index (κ2) is 6.58. The molecule has 1 heterocycles. The average molecular weight is 328 g/mol. The van der Waals surface area contributed by atoms with E-state index in [2.05, 4.69) is 4.99 Å². The molecule has 0 aromatic heterocycles. The molecular weight excluding hydrogens is 317 g/mol. The third kappa shape index (κ3) is 3.93. The summed E-state index contributed by atoms with van der Waals surface area (Å²) in [5.41, 5.74) is 1.75. The van der Waals surface area contributed by atoms with Gasteiger partial charge in [0.1, 0.15) is 5.82 Å². The standard InChI is InChI=1S/C18H11ClFNO2/c19-14-6-1-12(2-7-14)5-10-17-21-16(18(22)23-17)11-13-3-8-15(20)9-4-13/h1-11H. The first-order chi connectivity index (χ1) is 11.1. The lowest BCUT2D eigenvalue weighted by Gasteiger charge is -1.94. The smallest absolute Gasteiger partial charge is 0.363 e. The molecule has 0 bridgehead atoms. The van der Waals surface area contributed by atoms with E-state index >= 15 is 0 Å². The number of ether oxygens (including phenoxy) is 1. The highest BCUT2D eigenvalue weighted by Crippen LogP contribution is 2.17. The first-order valence-corrected chi connectivity index (χ1v) is 7.20. The Morgan fingerprint density at radius 3 is 2.30 bits per heavy atom.